The fourth-order valence-corrected chi connectivity index (χ4v) is 4.05. The number of hydrogen-bond acceptors (Lipinski definition) is 5. The molecule has 134 valence electrons. The second-order valence-corrected chi connectivity index (χ2v) is 7.15. The summed E-state index contributed by atoms with van der Waals surface area (Å²) in [5.41, 5.74) is 3.86. The van der Waals surface area contributed by atoms with Crippen LogP contribution in [0, 0.1) is 0 Å². The van der Waals surface area contributed by atoms with Crippen molar-refractivity contribution in [2.45, 2.75) is 0 Å². The third-order valence-electron chi connectivity index (χ3n) is 4.58. The van der Waals surface area contributed by atoms with Gasteiger partial charge in [-0.1, -0.05) is 30.3 Å². The van der Waals surface area contributed by atoms with Crippen LogP contribution in [0.2, 0.25) is 0 Å². The normalized spacial score (nSPS) is 13.1. The number of nitrogens with zero attached hydrogens (tertiary/aromatic N) is 3. The van der Waals surface area contributed by atoms with Crippen molar-refractivity contribution in [3.05, 3.63) is 89.4 Å². The number of hydrogen-bond donors (Lipinski definition) is 0. The van der Waals surface area contributed by atoms with Crippen molar-refractivity contribution in [1.29, 1.82) is 0 Å². The third kappa shape index (κ3) is 2.62. The van der Waals surface area contributed by atoms with E-state index in [1.54, 1.807) is 36.5 Å². The molecule has 2 aromatic heterocycles. The second kappa shape index (κ2) is 6.51. The number of benzene rings is 2. The first-order valence-corrected chi connectivity index (χ1v) is 9.55. The Balaban J connectivity index is 1.51. The molecule has 6 heteroatoms. The molecule has 0 bridgehead atoms. The molecule has 0 aliphatic carbocycles. The molecule has 0 atom stereocenters. The standard InChI is InChI=1S/C22H13N3O2S/c26-21-16-8-1-2-9-17(16)22(27)25(21)15-7-5-6-14(12-15)20-24-19(13-28-20)18-10-3-4-11-23-18/h1-13H. The highest BCUT2D eigenvalue weighted by atomic mass is 32.1. The number of rotatable bonds is 3. The van der Waals surface area contributed by atoms with Crippen LogP contribution in [0.25, 0.3) is 22.0 Å². The largest absolute Gasteiger partial charge is 0.268 e. The van der Waals surface area contributed by atoms with Gasteiger partial charge in [-0.25, -0.2) is 9.88 Å². The lowest BCUT2D eigenvalue weighted by Crippen LogP contribution is -2.29. The molecule has 0 saturated heterocycles. The maximum Gasteiger partial charge on any atom is 0.266 e. The van der Waals surface area contributed by atoms with E-state index >= 15 is 0 Å². The molecule has 5 rings (SSSR count). The van der Waals surface area contributed by atoms with Gasteiger partial charge in [0.1, 0.15) is 10.7 Å². The fraction of sp³-hybridized carbons (Fsp3) is 0. The monoisotopic (exact) mass is 383 g/mol. The van der Waals surface area contributed by atoms with Gasteiger partial charge >= 0.3 is 0 Å². The smallest absolute Gasteiger partial charge is 0.266 e. The van der Waals surface area contributed by atoms with Crippen LogP contribution < -0.4 is 4.90 Å². The number of fused-ring (bicyclic) bond motifs is 1. The Morgan fingerprint density at radius 1 is 0.786 bits per heavy atom. The molecule has 0 radical (unpaired) electrons. The van der Waals surface area contributed by atoms with Gasteiger partial charge in [0.25, 0.3) is 11.8 Å². The topological polar surface area (TPSA) is 63.2 Å². The molecule has 0 unspecified atom stereocenters. The number of pyridine rings is 1. The van der Waals surface area contributed by atoms with Crippen LogP contribution in [0.15, 0.2) is 78.3 Å². The molecule has 1 aliphatic heterocycles. The lowest BCUT2D eigenvalue weighted by Gasteiger charge is -2.14. The van der Waals surface area contributed by atoms with Crippen LogP contribution >= 0.6 is 11.3 Å². The molecular weight excluding hydrogens is 370 g/mol. The lowest BCUT2D eigenvalue weighted by atomic mass is 10.1. The molecule has 4 aromatic rings. The van der Waals surface area contributed by atoms with Gasteiger partial charge < -0.3 is 0 Å². The van der Waals surface area contributed by atoms with Gasteiger partial charge in [0.15, 0.2) is 0 Å². The molecule has 2 amide bonds. The van der Waals surface area contributed by atoms with E-state index in [9.17, 15) is 9.59 Å². The van der Waals surface area contributed by atoms with Crippen molar-refractivity contribution in [1.82, 2.24) is 9.97 Å². The summed E-state index contributed by atoms with van der Waals surface area (Å²) in [6.45, 7) is 0. The average molecular weight is 383 g/mol. The molecule has 5 nitrogen and oxygen atoms in total. The van der Waals surface area contributed by atoms with Gasteiger partial charge in [-0.3, -0.25) is 14.6 Å². The summed E-state index contributed by atoms with van der Waals surface area (Å²) in [6, 6.07) is 19.9. The SMILES string of the molecule is O=C1c2ccccc2C(=O)N1c1cccc(-c2nc(-c3ccccn3)cs2)c1. The van der Waals surface area contributed by atoms with Gasteiger partial charge in [-0.15, -0.1) is 11.3 Å². The first-order valence-electron chi connectivity index (χ1n) is 8.67. The minimum absolute atomic E-state index is 0.300. The Hall–Kier alpha value is -3.64. The van der Waals surface area contributed by atoms with Crippen LogP contribution in [0.1, 0.15) is 20.7 Å². The Bertz CT molecular complexity index is 1180. The number of carbonyl (C=O) groups excluding carboxylic acids is 2. The van der Waals surface area contributed by atoms with Gasteiger partial charge in [-0.2, -0.15) is 0 Å². The zero-order valence-corrected chi connectivity index (χ0v) is 15.4. The Labute approximate surface area is 164 Å². The highest BCUT2D eigenvalue weighted by Gasteiger charge is 2.36. The molecular formula is C22H13N3O2S. The Morgan fingerprint density at radius 2 is 1.54 bits per heavy atom. The van der Waals surface area contributed by atoms with Crippen LogP contribution in [0.3, 0.4) is 0 Å². The van der Waals surface area contributed by atoms with E-state index in [0.29, 0.717) is 16.8 Å². The van der Waals surface area contributed by atoms with Crippen LogP contribution in [-0.2, 0) is 0 Å². The van der Waals surface area contributed by atoms with Gasteiger partial charge in [0, 0.05) is 17.1 Å². The lowest BCUT2D eigenvalue weighted by molar-refractivity contribution is 0.0926. The molecule has 0 fully saturated rings. The number of amides is 2. The minimum Gasteiger partial charge on any atom is -0.268 e. The molecule has 0 N–H and O–H groups in total. The Kier molecular flexibility index (Phi) is 3.84. The summed E-state index contributed by atoms with van der Waals surface area (Å²) in [7, 11) is 0. The van der Waals surface area contributed by atoms with Crippen molar-refractivity contribution in [3.8, 4) is 22.0 Å². The van der Waals surface area contributed by atoms with Crippen molar-refractivity contribution in [2.75, 3.05) is 4.90 Å². The van der Waals surface area contributed by atoms with E-state index in [0.717, 1.165) is 22.0 Å². The average Bonchev–Trinajstić information content (AvgIpc) is 3.33. The Morgan fingerprint density at radius 3 is 2.25 bits per heavy atom. The first-order chi connectivity index (χ1) is 13.7. The molecule has 3 heterocycles. The summed E-state index contributed by atoms with van der Waals surface area (Å²) >= 11 is 1.50. The van der Waals surface area contributed by atoms with E-state index in [4.69, 9.17) is 0 Å². The van der Waals surface area contributed by atoms with Crippen LogP contribution in [-0.4, -0.2) is 21.8 Å². The number of aromatic nitrogens is 2. The number of thiazole rings is 1. The van der Waals surface area contributed by atoms with Gasteiger partial charge in [-0.05, 0) is 36.4 Å². The molecule has 0 spiro atoms. The minimum atomic E-state index is -0.300. The zero-order chi connectivity index (χ0) is 19.1. The van der Waals surface area contributed by atoms with E-state index < -0.39 is 0 Å². The molecule has 28 heavy (non-hydrogen) atoms. The summed E-state index contributed by atoms with van der Waals surface area (Å²) in [5, 5.41) is 2.76. The van der Waals surface area contributed by atoms with Crippen LogP contribution in [0.4, 0.5) is 5.69 Å². The van der Waals surface area contributed by atoms with E-state index in [1.807, 2.05) is 41.8 Å². The van der Waals surface area contributed by atoms with E-state index in [2.05, 4.69) is 9.97 Å². The predicted molar refractivity (Wildman–Crippen MR) is 108 cm³/mol. The van der Waals surface area contributed by atoms with Gasteiger partial charge in [0.05, 0.1) is 22.5 Å². The maximum atomic E-state index is 12.7. The number of anilines is 1. The van der Waals surface area contributed by atoms with Crippen molar-refractivity contribution < 1.29 is 9.59 Å². The number of carbonyl (C=O) groups is 2. The molecule has 2 aromatic carbocycles. The highest BCUT2D eigenvalue weighted by molar-refractivity contribution is 7.13. The zero-order valence-electron chi connectivity index (χ0n) is 14.6. The predicted octanol–water partition coefficient (Wildman–Crippen LogP) is 4.67. The van der Waals surface area contributed by atoms with Crippen molar-refractivity contribution in [3.63, 3.8) is 0 Å². The van der Waals surface area contributed by atoms with Crippen LogP contribution in [0.5, 0.6) is 0 Å². The van der Waals surface area contributed by atoms with Crippen molar-refractivity contribution >= 4 is 28.8 Å². The van der Waals surface area contributed by atoms with Gasteiger partial charge in [0.2, 0.25) is 0 Å². The molecule has 1 aliphatic rings. The highest BCUT2D eigenvalue weighted by Crippen LogP contribution is 2.33. The maximum absolute atomic E-state index is 12.7. The number of imide groups is 1. The summed E-state index contributed by atoms with van der Waals surface area (Å²) in [6.07, 6.45) is 1.73. The molecule has 0 saturated carbocycles. The van der Waals surface area contributed by atoms with Crippen molar-refractivity contribution in [2.24, 2.45) is 0 Å². The van der Waals surface area contributed by atoms with E-state index in [1.165, 1.54) is 16.2 Å². The van der Waals surface area contributed by atoms with E-state index in [-0.39, 0.29) is 11.8 Å². The summed E-state index contributed by atoms with van der Waals surface area (Å²) in [5.74, 6) is -0.600. The second-order valence-electron chi connectivity index (χ2n) is 6.29. The fourth-order valence-electron chi connectivity index (χ4n) is 3.24. The first kappa shape index (κ1) is 16.5. The quantitative estimate of drug-likeness (QED) is 0.482. The summed E-state index contributed by atoms with van der Waals surface area (Å²) in [4.78, 5) is 35.7. The summed E-state index contributed by atoms with van der Waals surface area (Å²) < 4.78 is 0. The third-order valence-corrected chi connectivity index (χ3v) is 5.47.